The third-order valence-electron chi connectivity index (χ3n) is 1.57. The number of methoxy groups -OCH3 is 1. The Labute approximate surface area is 81.4 Å². The van der Waals surface area contributed by atoms with Gasteiger partial charge in [-0.1, -0.05) is 0 Å². The lowest BCUT2D eigenvalue weighted by molar-refractivity contribution is 0.228. The van der Waals surface area contributed by atoms with Gasteiger partial charge in [-0.25, -0.2) is 8.78 Å². The Balaban J connectivity index is 3.04. The Hall–Kier alpha value is -1.32. The van der Waals surface area contributed by atoms with Gasteiger partial charge in [0.05, 0.1) is 13.2 Å². The molecule has 0 aliphatic carbocycles. The summed E-state index contributed by atoms with van der Waals surface area (Å²) in [6.07, 6.45) is -0.167. The van der Waals surface area contributed by atoms with Crippen molar-refractivity contribution in [1.82, 2.24) is 0 Å². The highest BCUT2D eigenvalue weighted by atomic mass is 19.1. The number of ether oxygens (including phenoxy) is 2. The Bertz CT molecular complexity index is 324. The van der Waals surface area contributed by atoms with E-state index in [-0.39, 0.29) is 17.6 Å². The quantitative estimate of drug-likeness (QED) is 0.750. The Morgan fingerprint density at radius 3 is 2.14 bits per heavy atom. The SMILES string of the molecule is COc1cc(OC(C)C)c(F)cc1F. The minimum absolute atomic E-state index is 0.00162. The zero-order chi connectivity index (χ0) is 10.7. The third-order valence-corrected chi connectivity index (χ3v) is 1.57. The number of hydrogen-bond donors (Lipinski definition) is 0. The van der Waals surface area contributed by atoms with Crippen molar-refractivity contribution in [2.75, 3.05) is 7.11 Å². The molecule has 0 amide bonds. The van der Waals surface area contributed by atoms with Crippen molar-refractivity contribution >= 4 is 0 Å². The van der Waals surface area contributed by atoms with E-state index in [0.717, 1.165) is 6.07 Å². The summed E-state index contributed by atoms with van der Waals surface area (Å²) in [7, 11) is 1.31. The predicted molar refractivity (Wildman–Crippen MR) is 48.7 cm³/mol. The Kier molecular flexibility index (Phi) is 3.28. The van der Waals surface area contributed by atoms with E-state index in [1.54, 1.807) is 13.8 Å². The zero-order valence-electron chi connectivity index (χ0n) is 8.30. The molecule has 4 heteroatoms. The van der Waals surface area contributed by atoms with E-state index in [1.807, 2.05) is 0 Å². The van der Waals surface area contributed by atoms with E-state index in [9.17, 15) is 8.78 Å². The molecule has 78 valence electrons. The zero-order valence-corrected chi connectivity index (χ0v) is 8.30. The Morgan fingerprint density at radius 1 is 1.07 bits per heavy atom. The van der Waals surface area contributed by atoms with E-state index < -0.39 is 11.6 Å². The molecular weight excluding hydrogens is 190 g/mol. The summed E-state index contributed by atoms with van der Waals surface area (Å²) in [4.78, 5) is 0. The van der Waals surface area contributed by atoms with Crippen molar-refractivity contribution < 1.29 is 18.3 Å². The maximum absolute atomic E-state index is 13.1. The summed E-state index contributed by atoms with van der Waals surface area (Å²) < 4.78 is 35.9. The molecule has 1 aromatic rings. The van der Waals surface area contributed by atoms with Crippen LogP contribution >= 0.6 is 0 Å². The molecule has 0 unspecified atom stereocenters. The van der Waals surface area contributed by atoms with Crippen LogP contribution in [-0.2, 0) is 0 Å². The molecule has 0 saturated carbocycles. The molecule has 0 saturated heterocycles. The van der Waals surface area contributed by atoms with Crippen molar-refractivity contribution in [3.05, 3.63) is 23.8 Å². The first-order valence-corrected chi connectivity index (χ1v) is 4.24. The summed E-state index contributed by atoms with van der Waals surface area (Å²) in [5, 5.41) is 0. The number of rotatable bonds is 3. The molecule has 0 aliphatic rings. The lowest BCUT2D eigenvalue weighted by atomic mass is 10.3. The van der Waals surface area contributed by atoms with Gasteiger partial charge in [-0.2, -0.15) is 0 Å². The summed E-state index contributed by atoms with van der Waals surface area (Å²) in [6.45, 7) is 3.52. The molecule has 0 radical (unpaired) electrons. The number of hydrogen-bond acceptors (Lipinski definition) is 2. The highest BCUT2D eigenvalue weighted by Gasteiger charge is 2.12. The van der Waals surface area contributed by atoms with Gasteiger partial charge in [0, 0.05) is 12.1 Å². The van der Waals surface area contributed by atoms with Crippen molar-refractivity contribution in [2.45, 2.75) is 20.0 Å². The summed E-state index contributed by atoms with van der Waals surface area (Å²) in [5.41, 5.74) is 0. The molecule has 2 nitrogen and oxygen atoms in total. The molecule has 0 spiro atoms. The first-order valence-electron chi connectivity index (χ1n) is 4.24. The van der Waals surface area contributed by atoms with Gasteiger partial charge in [-0.15, -0.1) is 0 Å². The van der Waals surface area contributed by atoms with Gasteiger partial charge >= 0.3 is 0 Å². The predicted octanol–water partition coefficient (Wildman–Crippen LogP) is 2.76. The van der Waals surface area contributed by atoms with Gasteiger partial charge in [-0.3, -0.25) is 0 Å². The molecule has 0 bridgehead atoms. The molecule has 1 rings (SSSR count). The smallest absolute Gasteiger partial charge is 0.168 e. The van der Waals surface area contributed by atoms with Crippen LogP contribution in [0.4, 0.5) is 8.78 Å². The van der Waals surface area contributed by atoms with Crippen LogP contribution in [0, 0.1) is 11.6 Å². The van der Waals surface area contributed by atoms with Crippen LogP contribution < -0.4 is 9.47 Å². The van der Waals surface area contributed by atoms with E-state index in [0.29, 0.717) is 0 Å². The number of halogens is 2. The maximum atomic E-state index is 13.1. The molecule has 14 heavy (non-hydrogen) atoms. The van der Waals surface area contributed by atoms with Gasteiger partial charge in [-0.05, 0) is 13.8 Å². The van der Waals surface area contributed by atoms with Crippen LogP contribution in [0.3, 0.4) is 0 Å². The average Bonchev–Trinajstić information content (AvgIpc) is 2.09. The second kappa shape index (κ2) is 4.26. The summed E-state index contributed by atoms with van der Waals surface area (Å²) in [6, 6.07) is 1.95. The van der Waals surface area contributed by atoms with Crippen LogP contribution in [-0.4, -0.2) is 13.2 Å². The lowest BCUT2D eigenvalue weighted by Gasteiger charge is -2.11. The fourth-order valence-corrected chi connectivity index (χ4v) is 1.01. The van der Waals surface area contributed by atoms with Gasteiger partial charge in [0.2, 0.25) is 0 Å². The molecule has 0 N–H and O–H groups in total. The Morgan fingerprint density at radius 2 is 1.64 bits per heavy atom. The molecule has 0 heterocycles. The molecule has 1 aromatic carbocycles. The van der Waals surface area contributed by atoms with E-state index in [4.69, 9.17) is 9.47 Å². The first-order chi connectivity index (χ1) is 6.54. The minimum Gasteiger partial charge on any atom is -0.494 e. The fraction of sp³-hybridized carbons (Fsp3) is 0.400. The third kappa shape index (κ3) is 2.34. The van der Waals surface area contributed by atoms with E-state index in [1.165, 1.54) is 13.2 Å². The number of benzene rings is 1. The van der Waals surface area contributed by atoms with Gasteiger partial charge < -0.3 is 9.47 Å². The molecule has 0 aliphatic heterocycles. The standard InChI is InChI=1S/C10H12F2O2/c1-6(2)14-10-5-9(13-3)7(11)4-8(10)12/h4-6H,1-3H3. The van der Waals surface area contributed by atoms with Crippen LogP contribution in [0.25, 0.3) is 0 Å². The highest BCUT2D eigenvalue weighted by Crippen LogP contribution is 2.27. The molecule has 0 atom stereocenters. The summed E-state index contributed by atoms with van der Waals surface area (Å²) in [5.74, 6) is -1.49. The lowest BCUT2D eigenvalue weighted by Crippen LogP contribution is -2.07. The van der Waals surface area contributed by atoms with Gasteiger partial charge in [0.15, 0.2) is 23.1 Å². The second-order valence-electron chi connectivity index (χ2n) is 3.08. The van der Waals surface area contributed by atoms with Crippen molar-refractivity contribution in [3.8, 4) is 11.5 Å². The normalized spacial score (nSPS) is 10.4. The maximum Gasteiger partial charge on any atom is 0.168 e. The minimum atomic E-state index is -0.735. The molecule has 0 aromatic heterocycles. The van der Waals surface area contributed by atoms with Gasteiger partial charge in [0.25, 0.3) is 0 Å². The van der Waals surface area contributed by atoms with Crippen molar-refractivity contribution in [2.24, 2.45) is 0 Å². The molecule has 0 fully saturated rings. The van der Waals surface area contributed by atoms with Crippen LogP contribution in [0.5, 0.6) is 11.5 Å². The first kappa shape index (κ1) is 10.8. The van der Waals surface area contributed by atoms with Crippen molar-refractivity contribution in [1.29, 1.82) is 0 Å². The largest absolute Gasteiger partial charge is 0.494 e. The topological polar surface area (TPSA) is 18.5 Å². The summed E-state index contributed by atoms with van der Waals surface area (Å²) >= 11 is 0. The average molecular weight is 202 g/mol. The van der Waals surface area contributed by atoms with Crippen LogP contribution in [0.2, 0.25) is 0 Å². The molecular formula is C10H12F2O2. The van der Waals surface area contributed by atoms with Crippen LogP contribution in [0.1, 0.15) is 13.8 Å². The van der Waals surface area contributed by atoms with Crippen LogP contribution in [0.15, 0.2) is 12.1 Å². The second-order valence-corrected chi connectivity index (χ2v) is 3.08. The van der Waals surface area contributed by atoms with E-state index >= 15 is 0 Å². The van der Waals surface area contributed by atoms with Gasteiger partial charge in [0.1, 0.15) is 0 Å². The highest BCUT2D eigenvalue weighted by molar-refractivity contribution is 5.35. The fourth-order valence-electron chi connectivity index (χ4n) is 1.01. The monoisotopic (exact) mass is 202 g/mol. The van der Waals surface area contributed by atoms with Crippen molar-refractivity contribution in [3.63, 3.8) is 0 Å². The van der Waals surface area contributed by atoms with E-state index in [2.05, 4.69) is 0 Å².